The van der Waals surface area contributed by atoms with Crippen molar-refractivity contribution in [3.8, 4) is 0 Å². The molecule has 2 rings (SSSR count). The van der Waals surface area contributed by atoms with Crippen LogP contribution in [0.15, 0.2) is 37.5 Å². The molecule has 0 aromatic rings. The van der Waals surface area contributed by atoms with Crippen LogP contribution in [-0.2, 0) is 4.79 Å². The molecule has 0 heterocycles. The third kappa shape index (κ3) is 2.41. The summed E-state index contributed by atoms with van der Waals surface area (Å²) in [4.78, 5) is 11.1. The highest BCUT2D eigenvalue weighted by Crippen LogP contribution is 2.31. The Kier molecular flexibility index (Phi) is 3.69. The number of Topliss-reactive ketones (excluding diaryl/α,β-unsaturated/α-hetero) is 1. The Morgan fingerprint density at radius 3 is 2.46 bits per heavy atom. The van der Waals surface area contributed by atoms with Crippen molar-refractivity contribution in [3.05, 3.63) is 37.5 Å². The summed E-state index contributed by atoms with van der Waals surface area (Å²) in [5, 5.41) is 0. The minimum Gasteiger partial charge on any atom is -0.300 e. The molecule has 0 spiro atoms. The molecule has 0 aromatic carbocycles. The smallest absolute Gasteiger partial charge is 0.133 e. The quantitative estimate of drug-likeness (QED) is 0.519. The van der Waals surface area contributed by atoms with Crippen molar-refractivity contribution < 1.29 is 4.79 Å². The van der Waals surface area contributed by atoms with Crippen molar-refractivity contribution in [2.24, 2.45) is 11.8 Å². The van der Waals surface area contributed by atoms with Gasteiger partial charge in [-0.3, -0.25) is 4.79 Å². The minimum atomic E-state index is 0.436. The monoisotopic (exact) mass is 176 g/mol. The van der Waals surface area contributed by atoms with E-state index in [2.05, 4.69) is 37.5 Å². The normalized spacial score (nSPS) is 30.3. The first kappa shape index (κ1) is 9.97. The van der Waals surface area contributed by atoms with Crippen LogP contribution in [0.3, 0.4) is 0 Å². The number of hydrogen-bond acceptors (Lipinski definition) is 1. The number of fused-ring (bicyclic) bond motifs is 1. The van der Waals surface area contributed by atoms with E-state index in [1.165, 1.54) is 0 Å². The van der Waals surface area contributed by atoms with E-state index in [1.54, 1.807) is 0 Å². The second kappa shape index (κ2) is 4.80. The molecule has 0 bridgehead atoms. The Morgan fingerprint density at radius 1 is 1.15 bits per heavy atom. The number of rotatable bonds is 0. The molecule has 0 aliphatic heterocycles. The molecule has 2 atom stereocenters. The first-order chi connectivity index (χ1) is 6.36. The van der Waals surface area contributed by atoms with Crippen molar-refractivity contribution in [1.29, 1.82) is 0 Å². The van der Waals surface area contributed by atoms with Crippen molar-refractivity contribution >= 4 is 5.78 Å². The molecule has 0 aromatic heterocycles. The topological polar surface area (TPSA) is 17.1 Å². The van der Waals surface area contributed by atoms with Gasteiger partial charge in [0.05, 0.1) is 0 Å². The minimum absolute atomic E-state index is 0.436. The van der Waals surface area contributed by atoms with Crippen molar-refractivity contribution in [3.63, 3.8) is 0 Å². The van der Waals surface area contributed by atoms with E-state index in [-0.39, 0.29) is 0 Å². The summed E-state index contributed by atoms with van der Waals surface area (Å²) < 4.78 is 0. The highest BCUT2D eigenvalue weighted by atomic mass is 16.1. The Hall–Kier alpha value is -1.11. The standard InChI is InChI=1S/C10H12O.C2H4/c11-10-6-5-8-3-1-2-4-9(8)7-10;1-2/h1-4,8-9H,5-7H2;1-2H2. The fourth-order valence-corrected chi connectivity index (χ4v) is 1.92. The van der Waals surface area contributed by atoms with Crippen LogP contribution in [0.5, 0.6) is 0 Å². The van der Waals surface area contributed by atoms with E-state index in [0.717, 1.165) is 19.3 Å². The van der Waals surface area contributed by atoms with Crippen molar-refractivity contribution in [2.75, 3.05) is 0 Å². The Morgan fingerprint density at radius 2 is 1.77 bits per heavy atom. The van der Waals surface area contributed by atoms with Gasteiger partial charge in [0.25, 0.3) is 0 Å². The van der Waals surface area contributed by atoms with E-state index < -0.39 is 0 Å². The lowest BCUT2D eigenvalue weighted by molar-refractivity contribution is -0.121. The van der Waals surface area contributed by atoms with Crippen molar-refractivity contribution in [1.82, 2.24) is 0 Å². The molecule has 0 saturated heterocycles. The molecule has 0 radical (unpaired) electrons. The Balaban J connectivity index is 0.000000396. The van der Waals surface area contributed by atoms with Crippen LogP contribution in [0.4, 0.5) is 0 Å². The van der Waals surface area contributed by atoms with Gasteiger partial charge in [0, 0.05) is 12.8 Å². The van der Waals surface area contributed by atoms with Gasteiger partial charge in [-0.2, -0.15) is 0 Å². The summed E-state index contributed by atoms with van der Waals surface area (Å²) >= 11 is 0. The highest BCUT2D eigenvalue weighted by Gasteiger charge is 2.26. The van der Waals surface area contributed by atoms with E-state index in [0.29, 0.717) is 17.6 Å². The molecular weight excluding hydrogens is 160 g/mol. The molecule has 13 heavy (non-hydrogen) atoms. The van der Waals surface area contributed by atoms with Crippen molar-refractivity contribution in [2.45, 2.75) is 19.3 Å². The van der Waals surface area contributed by atoms with E-state index in [9.17, 15) is 4.79 Å². The van der Waals surface area contributed by atoms with Gasteiger partial charge in [0.2, 0.25) is 0 Å². The predicted molar refractivity (Wildman–Crippen MR) is 55.4 cm³/mol. The Bertz CT molecular complexity index is 238. The fourth-order valence-electron chi connectivity index (χ4n) is 1.92. The summed E-state index contributed by atoms with van der Waals surface area (Å²) in [6.45, 7) is 6.00. The number of carbonyl (C=O) groups excluding carboxylic acids is 1. The number of ketones is 1. The summed E-state index contributed by atoms with van der Waals surface area (Å²) in [5.74, 6) is 1.60. The lowest BCUT2D eigenvalue weighted by Crippen LogP contribution is -2.23. The molecule has 0 amide bonds. The molecular formula is C12H16O. The zero-order valence-corrected chi connectivity index (χ0v) is 7.91. The van der Waals surface area contributed by atoms with Gasteiger partial charge in [-0.05, 0) is 18.3 Å². The summed E-state index contributed by atoms with van der Waals surface area (Å²) in [7, 11) is 0. The molecule has 1 saturated carbocycles. The maximum absolute atomic E-state index is 11.1. The second-order valence-electron chi connectivity index (χ2n) is 3.38. The zero-order chi connectivity index (χ0) is 9.68. The first-order valence-corrected chi connectivity index (χ1v) is 4.73. The van der Waals surface area contributed by atoms with Crippen LogP contribution in [0.25, 0.3) is 0 Å². The predicted octanol–water partition coefficient (Wildman–Crippen LogP) is 2.90. The average Bonchev–Trinajstić information content (AvgIpc) is 2.21. The summed E-state index contributed by atoms with van der Waals surface area (Å²) in [6.07, 6.45) is 11.2. The van der Waals surface area contributed by atoms with E-state index >= 15 is 0 Å². The molecule has 1 fully saturated rings. The molecule has 1 heteroatoms. The number of hydrogen-bond donors (Lipinski definition) is 0. The van der Waals surface area contributed by atoms with Crippen LogP contribution >= 0.6 is 0 Å². The molecule has 2 aliphatic carbocycles. The maximum Gasteiger partial charge on any atom is 0.133 e. The van der Waals surface area contributed by atoms with Crippen LogP contribution in [0.1, 0.15) is 19.3 Å². The van der Waals surface area contributed by atoms with Gasteiger partial charge in [0.15, 0.2) is 0 Å². The van der Waals surface area contributed by atoms with Gasteiger partial charge in [-0.1, -0.05) is 24.3 Å². The third-order valence-electron chi connectivity index (χ3n) is 2.60. The molecule has 1 nitrogen and oxygen atoms in total. The van der Waals surface area contributed by atoms with Gasteiger partial charge >= 0.3 is 0 Å². The third-order valence-corrected chi connectivity index (χ3v) is 2.60. The summed E-state index contributed by atoms with van der Waals surface area (Å²) in [5.41, 5.74) is 0. The average molecular weight is 176 g/mol. The summed E-state index contributed by atoms with van der Waals surface area (Å²) in [6, 6.07) is 0. The molecule has 2 aliphatic rings. The zero-order valence-electron chi connectivity index (χ0n) is 7.91. The van der Waals surface area contributed by atoms with Gasteiger partial charge in [-0.25, -0.2) is 0 Å². The number of allylic oxidation sites excluding steroid dienone is 4. The van der Waals surface area contributed by atoms with Crippen LogP contribution in [-0.4, -0.2) is 5.78 Å². The SMILES string of the molecule is C=C.O=C1CCC2C=CC=CC2C1. The van der Waals surface area contributed by atoms with E-state index in [4.69, 9.17) is 0 Å². The first-order valence-electron chi connectivity index (χ1n) is 4.73. The molecule has 70 valence electrons. The fraction of sp³-hybridized carbons (Fsp3) is 0.417. The Labute approximate surface area is 79.8 Å². The highest BCUT2D eigenvalue weighted by molar-refractivity contribution is 5.79. The van der Waals surface area contributed by atoms with Crippen LogP contribution in [0.2, 0.25) is 0 Å². The lowest BCUT2D eigenvalue weighted by atomic mass is 9.77. The second-order valence-corrected chi connectivity index (χ2v) is 3.38. The largest absolute Gasteiger partial charge is 0.300 e. The number of carbonyl (C=O) groups is 1. The maximum atomic E-state index is 11.1. The van der Waals surface area contributed by atoms with Crippen LogP contribution < -0.4 is 0 Å². The van der Waals surface area contributed by atoms with E-state index in [1.807, 2.05) is 0 Å². The van der Waals surface area contributed by atoms with Gasteiger partial charge < -0.3 is 0 Å². The molecule has 2 unspecified atom stereocenters. The lowest BCUT2D eigenvalue weighted by Gasteiger charge is -2.27. The van der Waals surface area contributed by atoms with Gasteiger partial charge in [0.1, 0.15) is 5.78 Å². The molecule has 0 N–H and O–H groups in total. The van der Waals surface area contributed by atoms with Crippen LogP contribution in [0, 0.1) is 11.8 Å². The van der Waals surface area contributed by atoms with Gasteiger partial charge in [-0.15, -0.1) is 13.2 Å².